The van der Waals surface area contributed by atoms with E-state index in [1.165, 1.54) is 6.07 Å². The van der Waals surface area contributed by atoms with Crippen molar-refractivity contribution >= 4 is 29.4 Å². The topological polar surface area (TPSA) is 157 Å². The molecule has 206 valence electrons. The van der Waals surface area contributed by atoms with Gasteiger partial charge in [-0.05, 0) is 67.4 Å². The minimum absolute atomic E-state index is 0.0892. The van der Waals surface area contributed by atoms with Gasteiger partial charge >= 0.3 is 12.1 Å². The van der Waals surface area contributed by atoms with E-state index in [4.69, 9.17) is 9.84 Å². The summed E-state index contributed by atoms with van der Waals surface area (Å²) in [4.78, 5) is 42.4. The molecule has 0 fully saturated rings. The highest BCUT2D eigenvalue weighted by atomic mass is 19.1. The van der Waals surface area contributed by atoms with Crippen molar-refractivity contribution in [3.63, 3.8) is 0 Å². The van der Waals surface area contributed by atoms with Gasteiger partial charge in [0.15, 0.2) is 0 Å². The highest BCUT2D eigenvalue weighted by Gasteiger charge is 2.12. The quantitative estimate of drug-likeness (QED) is 0.147. The summed E-state index contributed by atoms with van der Waals surface area (Å²) in [5.74, 6) is 0.195. The van der Waals surface area contributed by atoms with Crippen LogP contribution in [0.2, 0.25) is 0 Å². The van der Waals surface area contributed by atoms with Crippen molar-refractivity contribution in [2.24, 2.45) is 0 Å². The molecular formula is C28H27FN6O5. The lowest BCUT2D eigenvalue weighted by Gasteiger charge is -2.10. The van der Waals surface area contributed by atoms with Crippen LogP contribution in [0.5, 0.6) is 11.5 Å². The number of aryl methyl sites for hydroxylation is 1. The van der Waals surface area contributed by atoms with Crippen LogP contribution in [-0.2, 0) is 0 Å². The average Bonchev–Trinajstić information content (AvgIpc) is 3.42. The number of pyridine rings is 1. The fraction of sp³-hybridized carbons (Fsp3) is 0.143. The van der Waals surface area contributed by atoms with Crippen LogP contribution in [0.25, 0.3) is 11.4 Å². The molecule has 4 amide bonds. The molecule has 11 nitrogen and oxygen atoms in total. The Morgan fingerprint density at radius 3 is 2.50 bits per heavy atom. The molecule has 0 radical (unpaired) electrons. The van der Waals surface area contributed by atoms with Crippen molar-refractivity contribution in [1.29, 1.82) is 0 Å². The Balaban J connectivity index is 1.31. The van der Waals surface area contributed by atoms with Crippen LogP contribution < -0.4 is 26.0 Å². The summed E-state index contributed by atoms with van der Waals surface area (Å²) in [6.07, 6.45) is 2.50. The molecule has 4 rings (SSSR count). The predicted octanol–water partition coefficient (Wildman–Crippen LogP) is 5.35. The Hall–Kier alpha value is -5.39. The summed E-state index contributed by atoms with van der Waals surface area (Å²) >= 11 is 0. The Bertz CT molecular complexity index is 1510. The van der Waals surface area contributed by atoms with Crippen molar-refractivity contribution in [2.75, 3.05) is 23.7 Å². The Kier molecular flexibility index (Phi) is 8.92. The van der Waals surface area contributed by atoms with Gasteiger partial charge in [0.05, 0.1) is 22.6 Å². The first kappa shape index (κ1) is 27.6. The highest BCUT2D eigenvalue weighted by molar-refractivity contribution is 6.00. The molecule has 40 heavy (non-hydrogen) atoms. The standard InChI is InChI=1S/C28H27FN6O5/c1-17-3-8-22(29)23(13-17)35-27(37)34-19-4-6-20(7-5-19)40-21-9-12-30-25(15-21)24-14-18(16-33-24)26(36)31-10-2-11-32-28(38)39/h3-9,12-16,32-33H,2,10-11H2,1H3,(H,31,36)(H,38,39)(H2,34,35,37). The zero-order valence-electron chi connectivity index (χ0n) is 21.5. The smallest absolute Gasteiger partial charge is 0.404 e. The van der Waals surface area contributed by atoms with Gasteiger partial charge in [-0.15, -0.1) is 0 Å². The molecule has 12 heteroatoms. The lowest BCUT2D eigenvalue weighted by atomic mass is 10.2. The third kappa shape index (κ3) is 7.81. The van der Waals surface area contributed by atoms with E-state index >= 15 is 0 Å². The van der Waals surface area contributed by atoms with E-state index in [0.29, 0.717) is 47.1 Å². The first-order valence-corrected chi connectivity index (χ1v) is 12.3. The number of amides is 4. The molecule has 4 aromatic rings. The summed E-state index contributed by atoms with van der Waals surface area (Å²) in [6, 6.07) is 15.6. The number of halogens is 1. The van der Waals surface area contributed by atoms with Crippen molar-refractivity contribution in [3.8, 4) is 22.9 Å². The van der Waals surface area contributed by atoms with Crippen LogP contribution in [0.3, 0.4) is 0 Å². The zero-order chi connectivity index (χ0) is 28.5. The van der Waals surface area contributed by atoms with Gasteiger partial charge in [0, 0.05) is 37.2 Å². The predicted molar refractivity (Wildman–Crippen MR) is 147 cm³/mol. The van der Waals surface area contributed by atoms with E-state index in [1.807, 2.05) is 0 Å². The van der Waals surface area contributed by atoms with Gasteiger partial charge in [-0.3, -0.25) is 9.78 Å². The molecule has 0 aliphatic heterocycles. The molecule has 0 saturated heterocycles. The number of H-pyrrole nitrogens is 1. The van der Waals surface area contributed by atoms with Gasteiger partial charge in [-0.2, -0.15) is 0 Å². The molecule has 2 aromatic carbocycles. The van der Waals surface area contributed by atoms with Gasteiger partial charge in [0.1, 0.15) is 17.3 Å². The normalized spacial score (nSPS) is 10.4. The van der Waals surface area contributed by atoms with Crippen LogP contribution in [0.15, 0.2) is 73.1 Å². The van der Waals surface area contributed by atoms with Crippen molar-refractivity contribution in [1.82, 2.24) is 20.6 Å². The van der Waals surface area contributed by atoms with Crippen molar-refractivity contribution in [2.45, 2.75) is 13.3 Å². The van der Waals surface area contributed by atoms with E-state index in [2.05, 4.69) is 31.2 Å². The number of carbonyl (C=O) groups excluding carboxylic acids is 2. The van der Waals surface area contributed by atoms with Crippen LogP contribution in [0, 0.1) is 12.7 Å². The number of ether oxygens (including phenoxy) is 1. The van der Waals surface area contributed by atoms with E-state index in [1.54, 1.807) is 73.9 Å². The number of rotatable bonds is 10. The van der Waals surface area contributed by atoms with Crippen molar-refractivity contribution < 1.29 is 28.6 Å². The fourth-order valence-corrected chi connectivity index (χ4v) is 3.64. The lowest BCUT2D eigenvalue weighted by Crippen LogP contribution is -2.28. The number of hydrogen-bond donors (Lipinski definition) is 6. The fourth-order valence-electron chi connectivity index (χ4n) is 3.64. The third-order valence-electron chi connectivity index (χ3n) is 5.59. The number of urea groups is 1. The maximum atomic E-state index is 13.9. The van der Waals surface area contributed by atoms with Crippen LogP contribution in [0.4, 0.5) is 25.4 Å². The summed E-state index contributed by atoms with van der Waals surface area (Å²) in [7, 11) is 0. The van der Waals surface area contributed by atoms with Crippen LogP contribution in [-0.4, -0.2) is 46.2 Å². The summed E-state index contributed by atoms with van der Waals surface area (Å²) < 4.78 is 19.8. The van der Waals surface area contributed by atoms with Gasteiger partial charge in [0.2, 0.25) is 0 Å². The average molecular weight is 547 g/mol. The van der Waals surface area contributed by atoms with E-state index in [-0.39, 0.29) is 18.1 Å². The molecule has 0 aliphatic rings. The summed E-state index contributed by atoms with van der Waals surface area (Å²) in [5, 5.41) is 18.7. The second kappa shape index (κ2) is 12.9. The number of benzene rings is 2. The number of nitrogens with one attached hydrogen (secondary N) is 5. The number of aromatic amines is 1. The largest absolute Gasteiger partial charge is 0.465 e. The number of carbonyl (C=O) groups is 3. The maximum Gasteiger partial charge on any atom is 0.404 e. The molecule has 2 heterocycles. The van der Waals surface area contributed by atoms with Gasteiger partial charge in [-0.25, -0.2) is 14.0 Å². The molecule has 0 spiro atoms. The first-order valence-electron chi connectivity index (χ1n) is 12.3. The van der Waals surface area contributed by atoms with Crippen LogP contribution in [0.1, 0.15) is 22.3 Å². The van der Waals surface area contributed by atoms with Gasteiger partial charge in [-0.1, -0.05) is 6.07 Å². The minimum atomic E-state index is -1.10. The van der Waals surface area contributed by atoms with Crippen molar-refractivity contribution in [3.05, 3.63) is 90.0 Å². The molecule has 0 saturated carbocycles. The number of aromatic nitrogens is 2. The molecule has 6 N–H and O–H groups in total. The Labute approximate surface area is 228 Å². The monoisotopic (exact) mass is 546 g/mol. The molecule has 0 bridgehead atoms. The van der Waals surface area contributed by atoms with E-state index in [9.17, 15) is 18.8 Å². The number of hydrogen-bond acceptors (Lipinski definition) is 5. The maximum absolute atomic E-state index is 13.9. The SMILES string of the molecule is Cc1ccc(F)c(NC(=O)Nc2ccc(Oc3ccnc(-c4cc(C(=O)NCCCNC(=O)O)c[nH]4)c3)cc2)c1. The second-order valence-corrected chi connectivity index (χ2v) is 8.71. The van der Waals surface area contributed by atoms with Crippen LogP contribution >= 0.6 is 0 Å². The first-order chi connectivity index (χ1) is 19.3. The molecular weight excluding hydrogens is 519 g/mol. The lowest BCUT2D eigenvalue weighted by molar-refractivity contribution is 0.0953. The molecule has 0 unspecified atom stereocenters. The van der Waals surface area contributed by atoms with E-state index < -0.39 is 17.9 Å². The second-order valence-electron chi connectivity index (χ2n) is 8.71. The number of anilines is 2. The molecule has 0 atom stereocenters. The summed E-state index contributed by atoms with van der Waals surface area (Å²) in [6.45, 7) is 2.37. The zero-order valence-corrected chi connectivity index (χ0v) is 21.5. The van der Waals surface area contributed by atoms with E-state index in [0.717, 1.165) is 5.56 Å². The molecule has 0 aliphatic carbocycles. The molecule has 2 aromatic heterocycles. The number of nitrogens with zero attached hydrogens (tertiary/aromatic N) is 1. The summed E-state index contributed by atoms with van der Waals surface area (Å²) in [5.41, 5.74) is 2.97. The van der Waals surface area contributed by atoms with Gasteiger partial charge < -0.3 is 36.1 Å². The third-order valence-corrected chi connectivity index (χ3v) is 5.59. The Morgan fingerprint density at radius 1 is 0.950 bits per heavy atom. The highest BCUT2D eigenvalue weighted by Crippen LogP contribution is 2.27. The number of carboxylic acid groups (broad SMARTS) is 1. The Morgan fingerprint density at radius 2 is 1.73 bits per heavy atom. The minimum Gasteiger partial charge on any atom is -0.465 e. The van der Waals surface area contributed by atoms with Gasteiger partial charge in [0.25, 0.3) is 5.91 Å².